The summed E-state index contributed by atoms with van der Waals surface area (Å²) in [7, 11) is 1.85. The SMILES string of the molecule is C[N-]Cc1ccccc1-c1ccccc1. The number of nitrogens with zero attached hydrogens (tertiary/aromatic N) is 1. The van der Waals surface area contributed by atoms with Crippen LogP contribution in [0.1, 0.15) is 5.56 Å². The largest absolute Gasteiger partial charge is 0.661 e. The molecule has 2 aromatic carbocycles. The summed E-state index contributed by atoms with van der Waals surface area (Å²) >= 11 is 0. The summed E-state index contributed by atoms with van der Waals surface area (Å²) in [6.07, 6.45) is 0. The highest BCUT2D eigenvalue weighted by atomic mass is 14.8. The molecule has 2 rings (SSSR count). The molecule has 0 aliphatic carbocycles. The lowest BCUT2D eigenvalue weighted by Gasteiger charge is -2.15. The van der Waals surface area contributed by atoms with E-state index in [0.717, 1.165) is 6.54 Å². The lowest BCUT2D eigenvalue weighted by Crippen LogP contribution is -1.88. The molecule has 0 unspecified atom stereocenters. The van der Waals surface area contributed by atoms with Crippen LogP contribution in [0.5, 0.6) is 0 Å². The molecule has 0 atom stereocenters. The molecule has 0 saturated heterocycles. The minimum Gasteiger partial charge on any atom is -0.661 e. The lowest BCUT2D eigenvalue weighted by molar-refractivity contribution is 1.19. The molecule has 15 heavy (non-hydrogen) atoms. The molecule has 2 aromatic rings. The molecule has 0 radical (unpaired) electrons. The minimum absolute atomic E-state index is 0.783. The molecule has 0 aliphatic heterocycles. The van der Waals surface area contributed by atoms with Crippen molar-refractivity contribution >= 4 is 0 Å². The van der Waals surface area contributed by atoms with Crippen molar-refractivity contribution in [2.45, 2.75) is 6.54 Å². The summed E-state index contributed by atoms with van der Waals surface area (Å²) in [5, 5.41) is 4.19. The molecule has 76 valence electrons. The maximum atomic E-state index is 4.19. The summed E-state index contributed by atoms with van der Waals surface area (Å²) in [6, 6.07) is 18.9. The quantitative estimate of drug-likeness (QED) is 0.707. The smallest absolute Gasteiger partial charge is 0.0169 e. The Hall–Kier alpha value is -1.60. The first-order chi connectivity index (χ1) is 7.42. The highest BCUT2D eigenvalue weighted by Crippen LogP contribution is 2.24. The molecule has 0 heterocycles. The lowest BCUT2D eigenvalue weighted by atomic mass is 10.00. The summed E-state index contributed by atoms with van der Waals surface area (Å²) in [5.74, 6) is 0. The van der Waals surface area contributed by atoms with E-state index in [4.69, 9.17) is 0 Å². The fraction of sp³-hybridized carbons (Fsp3) is 0.143. The van der Waals surface area contributed by atoms with Gasteiger partial charge in [0.25, 0.3) is 0 Å². The minimum atomic E-state index is 0.783. The third kappa shape index (κ3) is 2.25. The van der Waals surface area contributed by atoms with Crippen LogP contribution in [0.2, 0.25) is 0 Å². The molecule has 0 spiro atoms. The van der Waals surface area contributed by atoms with Gasteiger partial charge in [0.15, 0.2) is 0 Å². The van der Waals surface area contributed by atoms with Crippen LogP contribution in [0, 0.1) is 0 Å². The van der Waals surface area contributed by atoms with E-state index in [1.807, 2.05) is 13.1 Å². The van der Waals surface area contributed by atoms with Crippen LogP contribution in [0.4, 0.5) is 0 Å². The molecular weight excluding hydrogens is 182 g/mol. The van der Waals surface area contributed by atoms with E-state index in [0.29, 0.717) is 0 Å². The van der Waals surface area contributed by atoms with Gasteiger partial charge in [0, 0.05) is 0 Å². The molecule has 0 saturated carbocycles. The molecule has 0 amide bonds. The molecule has 0 N–H and O–H groups in total. The maximum Gasteiger partial charge on any atom is -0.0169 e. The van der Waals surface area contributed by atoms with Crippen molar-refractivity contribution in [3.05, 3.63) is 65.5 Å². The summed E-state index contributed by atoms with van der Waals surface area (Å²) < 4.78 is 0. The Bertz CT molecular complexity index is 420. The van der Waals surface area contributed by atoms with Gasteiger partial charge in [0.1, 0.15) is 0 Å². The van der Waals surface area contributed by atoms with Crippen molar-refractivity contribution in [1.29, 1.82) is 0 Å². The molecule has 0 aliphatic rings. The molecule has 1 nitrogen and oxygen atoms in total. The number of benzene rings is 2. The fourth-order valence-corrected chi connectivity index (χ4v) is 1.73. The summed E-state index contributed by atoms with van der Waals surface area (Å²) in [6.45, 7) is 0.783. The third-order valence-corrected chi connectivity index (χ3v) is 2.43. The summed E-state index contributed by atoms with van der Waals surface area (Å²) in [5.41, 5.74) is 3.83. The van der Waals surface area contributed by atoms with Gasteiger partial charge in [0.2, 0.25) is 0 Å². The van der Waals surface area contributed by atoms with Crippen molar-refractivity contribution in [3.8, 4) is 11.1 Å². The zero-order valence-electron chi connectivity index (χ0n) is 8.85. The van der Waals surface area contributed by atoms with E-state index >= 15 is 0 Å². The average molecular weight is 196 g/mol. The zero-order chi connectivity index (χ0) is 10.5. The fourth-order valence-electron chi connectivity index (χ4n) is 1.73. The first kappa shape index (κ1) is 9.94. The van der Waals surface area contributed by atoms with Gasteiger partial charge in [-0.05, 0) is 11.1 Å². The first-order valence-electron chi connectivity index (χ1n) is 5.11. The number of rotatable bonds is 3. The second-order valence-electron chi connectivity index (χ2n) is 3.50. The van der Waals surface area contributed by atoms with Crippen molar-refractivity contribution in [2.75, 3.05) is 7.05 Å². The summed E-state index contributed by atoms with van der Waals surface area (Å²) in [4.78, 5) is 0. The molecule has 0 bridgehead atoms. The molecular formula is C14H14N-. The van der Waals surface area contributed by atoms with Gasteiger partial charge in [-0.15, -0.1) is 6.54 Å². The predicted molar refractivity (Wildman–Crippen MR) is 64.9 cm³/mol. The van der Waals surface area contributed by atoms with E-state index in [1.54, 1.807) is 0 Å². The van der Waals surface area contributed by atoms with Crippen LogP contribution in [-0.2, 0) is 6.54 Å². The van der Waals surface area contributed by atoms with Gasteiger partial charge in [-0.3, -0.25) is 0 Å². The van der Waals surface area contributed by atoms with E-state index in [1.165, 1.54) is 16.7 Å². The van der Waals surface area contributed by atoms with Gasteiger partial charge < -0.3 is 5.32 Å². The Morgan fingerprint density at radius 1 is 0.867 bits per heavy atom. The zero-order valence-corrected chi connectivity index (χ0v) is 8.85. The Labute approximate surface area is 90.8 Å². The van der Waals surface area contributed by atoms with E-state index in [9.17, 15) is 0 Å². The van der Waals surface area contributed by atoms with Gasteiger partial charge in [0.05, 0.1) is 0 Å². The first-order valence-corrected chi connectivity index (χ1v) is 5.11. The van der Waals surface area contributed by atoms with Crippen LogP contribution < -0.4 is 0 Å². The van der Waals surface area contributed by atoms with Crippen LogP contribution in [0.25, 0.3) is 16.4 Å². The highest BCUT2D eigenvalue weighted by Gasteiger charge is 1.99. The second-order valence-corrected chi connectivity index (χ2v) is 3.50. The van der Waals surface area contributed by atoms with E-state index in [2.05, 4.69) is 53.8 Å². The maximum absolute atomic E-state index is 4.19. The van der Waals surface area contributed by atoms with Gasteiger partial charge in [-0.25, -0.2) is 0 Å². The van der Waals surface area contributed by atoms with Gasteiger partial charge in [-0.1, -0.05) is 60.2 Å². The molecule has 1 heteroatoms. The van der Waals surface area contributed by atoms with Crippen molar-refractivity contribution < 1.29 is 0 Å². The van der Waals surface area contributed by atoms with Crippen LogP contribution in [0.3, 0.4) is 0 Å². The predicted octanol–water partition coefficient (Wildman–Crippen LogP) is 3.86. The highest BCUT2D eigenvalue weighted by molar-refractivity contribution is 5.67. The Balaban J connectivity index is 2.43. The second kappa shape index (κ2) is 4.76. The average Bonchev–Trinajstić information content (AvgIpc) is 2.31. The monoisotopic (exact) mass is 196 g/mol. The standard InChI is InChI=1S/C14H14N/c1-15-11-13-9-5-6-10-14(13)12-7-3-2-4-8-12/h2-10H,11H2,1H3/q-1. The Morgan fingerprint density at radius 3 is 2.27 bits per heavy atom. The third-order valence-electron chi connectivity index (χ3n) is 2.43. The normalized spacial score (nSPS) is 10.2. The topological polar surface area (TPSA) is 14.1 Å². The Kier molecular flexibility index (Phi) is 3.15. The Morgan fingerprint density at radius 2 is 1.53 bits per heavy atom. The van der Waals surface area contributed by atoms with Gasteiger partial charge in [-0.2, -0.15) is 7.05 Å². The van der Waals surface area contributed by atoms with Gasteiger partial charge >= 0.3 is 0 Å². The van der Waals surface area contributed by atoms with E-state index in [-0.39, 0.29) is 0 Å². The number of hydrogen-bond acceptors (Lipinski definition) is 0. The van der Waals surface area contributed by atoms with Crippen LogP contribution in [-0.4, -0.2) is 7.05 Å². The van der Waals surface area contributed by atoms with E-state index < -0.39 is 0 Å². The van der Waals surface area contributed by atoms with Crippen LogP contribution in [0.15, 0.2) is 54.6 Å². The van der Waals surface area contributed by atoms with Crippen molar-refractivity contribution in [3.63, 3.8) is 0 Å². The van der Waals surface area contributed by atoms with Crippen LogP contribution >= 0.6 is 0 Å². The van der Waals surface area contributed by atoms with Crippen molar-refractivity contribution in [2.24, 2.45) is 0 Å². The molecule has 0 fully saturated rings. The van der Waals surface area contributed by atoms with Crippen molar-refractivity contribution in [1.82, 2.24) is 0 Å². The number of hydrogen-bond donors (Lipinski definition) is 0. The molecule has 0 aromatic heterocycles.